The summed E-state index contributed by atoms with van der Waals surface area (Å²) in [5.41, 5.74) is -0.736. The summed E-state index contributed by atoms with van der Waals surface area (Å²) in [5, 5.41) is 0. The first-order valence-electron chi connectivity index (χ1n) is 5.28. The summed E-state index contributed by atoms with van der Waals surface area (Å²) in [6.45, 7) is 0. The Morgan fingerprint density at radius 3 is 1.35 bits per heavy atom. The lowest BCUT2D eigenvalue weighted by molar-refractivity contribution is -0.154. The summed E-state index contributed by atoms with van der Waals surface area (Å²) in [4.78, 5) is 26.6. The quantitative estimate of drug-likeness (QED) is 0.483. The van der Waals surface area contributed by atoms with E-state index in [1.54, 1.807) is 0 Å². The predicted molar refractivity (Wildman–Crippen MR) is 63.4 cm³/mol. The molecule has 0 spiro atoms. The molecule has 0 rings (SSSR count). The maximum absolute atomic E-state index is 11.5. The Kier molecular flexibility index (Phi) is 6.12. The first-order chi connectivity index (χ1) is 7.80. The van der Waals surface area contributed by atoms with E-state index < -0.39 is 5.66 Å². The second kappa shape index (κ2) is 6.56. The van der Waals surface area contributed by atoms with Gasteiger partial charge in [-0.05, 0) is 28.2 Å². The maximum Gasteiger partial charge on any atom is 0.308 e. The fourth-order valence-electron chi connectivity index (χ4n) is 1.70. The lowest BCUT2D eigenvalue weighted by Gasteiger charge is -2.43. The largest absolute Gasteiger partial charge is 0.469 e. The first-order valence-corrected chi connectivity index (χ1v) is 5.28. The highest BCUT2D eigenvalue weighted by atomic mass is 16.5. The zero-order chi connectivity index (χ0) is 13.6. The molecule has 0 N–H and O–H groups in total. The van der Waals surface area contributed by atoms with Gasteiger partial charge in [0.1, 0.15) is 0 Å². The standard InChI is InChI=1S/C11H22N2O4/c1-12(2)11(13(3)4,7-9(14)16-5)8-10(15)17-6/h7-8H2,1-6H3. The van der Waals surface area contributed by atoms with Crippen LogP contribution in [0.4, 0.5) is 0 Å². The molecular formula is C11H22N2O4. The minimum Gasteiger partial charge on any atom is -0.469 e. The molecule has 0 bridgehead atoms. The minimum absolute atomic E-state index is 0.0958. The van der Waals surface area contributed by atoms with E-state index in [0.717, 1.165) is 0 Å². The van der Waals surface area contributed by atoms with E-state index in [9.17, 15) is 9.59 Å². The SMILES string of the molecule is COC(=O)CC(CC(=O)OC)(N(C)C)N(C)C. The van der Waals surface area contributed by atoms with Gasteiger partial charge in [-0.1, -0.05) is 0 Å². The van der Waals surface area contributed by atoms with Crippen LogP contribution < -0.4 is 0 Å². The monoisotopic (exact) mass is 246 g/mol. The topological polar surface area (TPSA) is 59.1 Å². The number of rotatable bonds is 6. The maximum atomic E-state index is 11.5. The molecule has 0 unspecified atom stereocenters. The number of ether oxygens (including phenoxy) is 2. The van der Waals surface area contributed by atoms with Gasteiger partial charge in [0.15, 0.2) is 0 Å². The third-order valence-corrected chi connectivity index (χ3v) is 2.98. The fourth-order valence-corrected chi connectivity index (χ4v) is 1.70. The molecule has 0 heterocycles. The van der Waals surface area contributed by atoms with Gasteiger partial charge in [0, 0.05) is 0 Å². The first kappa shape index (κ1) is 15.9. The van der Waals surface area contributed by atoms with Gasteiger partial charge >= 0.3 is 11.9 Å². The van der Waals surface area contributed by atoms with Crippen LogP contribution in [0.5, 0.6) is 0 Å². The molecule has 0 aliphatic rings. The lowest BCUT2D eigenvalue weighted by atomic mass is 9.98. The highest BCUT2D eigenvalue weighted by molar-refractivity contribution is 5.75. The van der Waals surface area contributed by atoms with Crippen LogP contribution in [0.2, 0.25) is 0 Å². The summed E-state index contributed by atoms with van der Waals surface area (Å²) in [5.74, 6) is -0.729. The molecule has 0 atom stereocenters. The van der Waals surface area contributed by atoms with Crippen LogP contribution in [0.25, 0.3) is 0 Å². The van der Waals surface area contributed by atoms with Crippen molar-refractivity contribution in [3.8, 4) is 0 Å². The molecule has 100 valence electrons. The Balaban J connectivity index is 5.13. The van der Waals surface area contributed by atoms with Gasteiger partial charge in [-0.15, -0.1) is 0 Å². The van der Waals surface area contributed by atoms with Crippen molar-refractivity contribution >= 4 is 11.9 Å². The van der Waals surface area contributed by atoms with Crippen LogP contribution in [-0.2, 0) is 19.1 Å². The van der Waals surface area contributed by atoms with Crippen LogP contribution in [0.3, 0.4) is 0 Å². The number of hydrogen-bond acceptors (Lipinski definition) is 6. The molecule has 6 nitrogen and oxygen atoms in total. The van der Waals surface area contributed by atoms with Crippen molar-refractivity contribution in [3.05, 3.63) is 0 Å². The number of carbonyl (C=O) groups is 2. The van der Waals surface area contributed by atoms with Gasteiger partial charge in [-0.2, -0.15) is 0 Å². The van der Waals surface area contributed by atoms with Gasteiger partial charge in [-0.3, -0.25) is 19.4 Å². The van der Waals surface area contributed by atoms with E-state index >= 15 is 0 Å². The molecule has 0 fully saturated rings. The van der Waals surface area contributed by atoms with E-state index in [4.69, 9.17) is 0 Å². The minimum atomic E-state index is -0.736. The van der Waals surface area contributed by atoms with Crippen molar-refractivity contribution in [1.82, 2.24) is 9.80 Å². The number of methoxy groups -OCH3 is 2. The number of carbonyl (C=O) groups excluding carboxylic acids is 2. The van der Waals surface area contributed by atoms with E-state index in [0.29, 0.717) is 0 Å². The molecule has 0 aromatic carbocycles. The van der Waals surface area contributed by atoms with E-state index in [1.807, 2.05) is 38.0 Å². The second-order valence-corrected chi connectivity index (χ2v) is 4.28. The number of esters is 2. The van der Waals surface area contributed by atoms with E-state index in [1.165, 1.54) is 14.2 Å². The van der Waals surface area contributed by atoms with Crippen molar-refractivity contribution in [2.75, 3.05) is 42.4 Å². The molecule has 6 heteroatoms. The van der Waals surface area contributed by atoms with Crippen molar-refractivity contribution in [1.29, 1.82) is 0 Å². The Morgan fingerprint density at radius 1 is 0.882 bits per heavy atom. The average molecular weight is 246 g/mol. The Hall–Kier alpha value is -1.14. The van der Waals surface area contributed by atoms with Gasteiger partial charge in [0.25, 0.3) is 0 Å². The summed E-state index contributed by atoms with van der Waals surface area (Å²) in [7, 11) is 9.91. The highest BCUT2D eigenvalue weighted by Crippen LogP contribution is 2.25. The van der Waals surface area contributed by atoms with Crippen molar-refractivity contribution in [3.63, 3.8) is 0 Å². The van der Waals surface area contributed by atoms with Crippen LogP contribution in [-0.4, -0.2) is 69.8 Å². The van der Waals surface area contributed by atoms with Crippen molar-refractivity contribution < 1.29 is 19.1 Å². The highest BCUT2D eigenvalue weighted by Gasteiger charge is 2.40. The molecule has 17 heavy (non-hydrogen) atoms. The van der Waals surface area contributed by atoms with Gasteiger partial charge in [0.2, 0.25) is 0 Å². The Labute approximate surface area is 102 Å². The lowest BCUT2D eigenvalue weighted by Crippen LogP contribution is -2.57. The molecule has 0 aliphatic heterocycles. The second-order valence-electron chi connectivity index (χ2n) is 4.28. The molecule has 0 aliphatic carbocycles. The molecule has 0 amide bonds. The zero-order valence-electron chi connectivity index (χ0n) is 11.4. The molecule has 0 saturated carbocycles. The zero-order valence-corrected chi connectivity index (χ0v) is 11.4. The Morgan fingerprint density at radius 2 is 1.18 bits per heavy atom. The third kappa shape index (κ3) is 3.98. The summed E-state index contributed by atoms with van der Waals surface area (Å²) >= 11 is 0. The van der Waals surface area contributed by atoms with Gasteiger partial charge in [-0.25, -0.2) is 0 Å². The molecule has 0 aromatic rings. The van der Waals surface area contributed by atoms with Crippen LogP contribution >= 0.6 is 0 Å². The summed E-state index contributed by atoms with van der Waals surface area (Å²) < 4.78 is 9.35. The number of hydrogen-bond donors (Lipinski definition) is 0. The average Bonchev–Trinajstić information content (AvgIpc) is 2.26. The van der Waals surface area contributed by atoms with Crippen LogP contribution in [0.15, 0.2) is 0 Å². The van der Waals surface area contributed by atoms with Gasteiger partial charge < -0.3 is 9.47 Å². The molecule has 0 saturated heterocycles. The van der Waals surface area contributed by atoms with E-state index in [-0.39, 0.29) is 24.8 Å². The summed E-state index contributed by atoms with van der Waals surface area (Å²) in [6.07, 6.45) is 0.192. The van der Waals surface area contributed by atoms with Crippen molar-refractivity contribution in [2.24, 2.45) is 0 Å². The normalized spacial score (nSPS) is 11.8. The summed E-state index contributed by atoms with van der Waals surface area (Å²) in [6, 6.07) is 0. The third-order valence-electron chi connectivity index (χ3n) is 2.98. The Bertz CT molecular complexity index is 249. The number of nitrogens with zero attached hydrogens (tertiary/aromatic N) is 2. The fraction of sp³-hybridized carbons (Fsp3) is 0.818. The molecule has 0 radical (unpaired) electrons. The van der Waals surface area contributed by atoms with Crippen LogP contribution in [0.1, 0.15) is 12.8 Å². The molecule has 0 aromatic heterocycles. The smallest absolute Gasteiger partial charge is 0.308 e. The van der Waals surface area contributed by atoms with E-state index in [2.05, 4.69) is 9.47 Å². The van der Waals surface area contributed by atoms with Gasteiger partial charge in [0.05, 0.1) is 32.7 Å². The predicted octanol–water partition coefficient (Wildman–Crippen LogP) is -0.0679. The van der Waals surface area contributed by atoms with Crippen LogP contribution in [0, 0.1) is 0 Å². The van der Waals surface area contributed by atoms with Crippen molar-refractivity contribution in [2.45, 2.75) is 18.5 Å². The molecular weight excluding hydrogens is 224 g/mol.